The fourth-order valence-corrected chi connectivity index (χ4v) is 3.97. The van der Waals surface area contributed by atoms with E-state index < -0.39 is 10.0 Å². The van der Waals surface area contributed by atoms with Crippen LogP contribution in [0.3, 0.4) is 0 Å². The number of hydrogen-bond acceptors (Lipinski definition) is 4. The third kappa shape index (κ3) is 2.88. The van der Waals surface area contributed by atoms with Crippen molar-refractivity contribution in [1.29, 1.82) is 0 Å². The summed E-state index contributed by atoms with van der Waals surface area (Å²) in [5.41, 5.74) is 7.58. The maximum Gasteiger partial charge on any atom is 0.243 e. The molecule has 1 atom stereocenters. The van der Waals surface area contributed by atoms with Crippen LogP contribution in [0.5, 0.6) is 0 Å². The third-order valence-electron chi connectivity index (χ3n) is 4.10. The molecular weight excluding hydrogens is 274 g/mol. The third-order valence-corrected chi connectivity index (χ3v) is 5.96. The summed E-state index contributed by atoms with van der Waals surface area (Å²) in [5.74, 6) is 0. The van der Waals surface area contributed by atoms with Crippen LogP contribution in [-0.4, -0.2) is 50.3 Å². The Morgan fingerprint density at radius 3 is 2.65 bits per heavy atom. The quantitative estimate of drug-likeness (QED) is 0.895. The zero-order valence-electron chi connectivity index (χ0n) is 12.3. The van der Waals surface area contributed by atoms with E-state index in [0.29, 0.717) is 24.5 Å². The Morgan fingerprint density at radius 2 is 2.05 bits per heavy atom. The van der Waals surface area contributed by atoms with E-state index in [4.69, 9.17) is 5.73 Å². The summed E-state index contributed by atoms with van der Waals surface area (Å²) in [6.45, 7) is 6.17. The van der Waals surface area contributed by atoms with Crippen molar-refractivity contribution < 1.29 is 8.42 Å². The van der Waals surface area contributed by atoms with E-state index in [1.165, 1.54) is 0 Å². The number of rotatable bonds is 3. The molecule has 1 aliphatic heterocycles. The Labute approximate surface area is 121 Å². The highest BCUT2D eigenvalue weighted by atomic mass is 32.2. The molecule has 1 aliphatic rings. The molecule has 2 N–H and O–H groups in total. The van der Waals surface area contributed by atoms with Crippen molar-refractivity contribution in [2.75, 3.05) is 26.7 Å². The molecule has 1 aromatic rings. The molecule has 1 fully saturated rings. The number of nitrogens with zero attached hydrogens (tertiary/aromatic N) is 2. The number of hydrogen-bond donors (Lipinski definition) is 1. The van der Waals surface area contributed by atoms with Crippen LogP contribution in [0.1, 0.15) is 18.1 Å². The van der Waals surface area contributed by atoms with Crippen LogP contribution in [-0.2, 0) is 16.6 Å². The molecule has 2 rings (SSSR count). The van der Waals surface area contributed by atoms with Crippen LogP contribution in [0.2, 0.25) is 0 Å². The fraction of sp³-hybridized carbons (Fsp3) is 0.571. The highest BCUT2D eigenvalue weighted by Gasteiger charge is 2.30. The molecule has 20 heavy (non-hydrogen) atoms. The van der Waals surface area contributed by atoms with E-state index >= 15 is 0 Å². The summed E-state index contributed by atoms with van der Waals surface area (Å²) >= 11 is 0. The first-order valence-corrected chi connectivity index (χ1v) is 8.30. The fourth-order valence-electron chi connectivity index (χ4n) is 2.41. The van der Waals surface area contributed by atoms with Gasteiger partial charge in [-0.15, -0.1) is 0 Å². The van der Waals surface area contributed by atoms with Crippen molar-refractivity contribution in [2.45, 2.75) is 31.3 Å². The molecule has 5 nitrogen and oxygen atoms in total. The molecule has 6 heteroatoms. The van der Waals surface area contributed by atoms with Gasteiger partial charge in [-0.25, -0.2) is 8.42 Å². The van der Waals surface area contributed by atoms with E-state index in [1.807, 2.05) is 27.0 Å². The largest absolute Gasteiger partial charge is 0.326 e. The zero-order chi connectivity index (χ0) is 14.9. The van der Waals surface area contributed by atoms with Gasteiger partial charge >= 0.3 is 0 Å². The highest BCUT2D eigenvalue weighted by Crippen LogP contribution is 2.21. The van der Waals surface area contributed by atoms with E-state index in [2.05, 4.69) is 4.90 Å². The minimum atomic E-state index is -3.42. The molecule has 1 unspecified atom stereocenters. The van der Waals surface area contributed by atoms with Gasteiger partial charge < -0.3 is 10.6 Å². The summed E-state index contributed by atoms with van der Waals surface area (Å²) in [4.78, 5) is 2.52. The van der Waals surface area contributed by atoms with Crippen LogP contribution in [0, 0.1) is 6.92 Å². The molecule has 1 saturated heterocycles. The average Bonchev–Trinajstić information content (AvgIpc) is 2.42. The molecule has 112 valence electrons. The molecule has 0 radical (unpaired) electrons. The molecular formula is C14H23N3O2S. The Morgan fingerprint density at radius 1 is 1.35 bits per heavy atom. The van der Waals surface area contributed by atoms with Crippen LogP contribution >= 0.6 is 0 Å². The summed E-state index contributed by atoms with van der Waals surface area (Å²) in [6.07, 6.45) is 0. The van der Waals surface area contributed by atoms with Gasteiger partial charge in [-0.2, -0.15) is 4.31 Å². The molecule has 0 saturated carbocycles. The van der Waals surface area contributed by atoms with E-state index in [1.54, 1.807) is 16.4 Å². The average molecular weight is 297 g/mol. The first-order chi connectivity index (χ1) is 9.36. The van der Waals surface area contributed by atoms with Crippen molar-refractivity contribution >= 4 is 10.0 Å². The highest BCUT2D eigenvalue weighted by molar-refractivity contribution is 7.89. The first kappa shape index (κ1) is 15.4. The van der Waals surface area contributed by atoms with Crippen molar-refractivity contribution in [2.24, 2.45) is 5.73 Å². The summed E-state index contributed by atoms with van der Waals surface area (Å²) in [5, 5.41) is 0. The molecule has 0 bridgehead atoms. The maximum atomic E-state index is 12.7. The monoisotopic (exact) mass is 297 g/mol. The predicted molar refractivity (Wildman–Crippen MR) is 79.9 cm³/mol. The van der Waals surface area contributed by atoms with Crippen molar-refractivity contribution in [3.05, 3.63) is 29.3 Å². The number of piperazine rings is 1. The van der Waals surface area contributed by atoms with E-state index in [9.17, 15) is 8.42 Å². The smallest absolute Gasteiger partial charge is 0.243 e. The molecule has 0 aliphatic carbocycles. The second kappa shape index (κ2) is 5.81. The first-order valence-electron chi connectivity index (χ1n) is 6.86. The topological polar surface area (TPSA) is 66.6 Å². The number of benzene rings is 1. The minimum absolute atomic E-state index is 0.234. The van der Waals surface area contributed by atoms with Crippen molar-refractivity contribution in [3.63, 3.8) is 0 Å². The standard InChI is InChI=1S/C14H23N3O2S/c1-11-4-5-14(8-13(11)9-15)20(18,19)17-7-6-16(3)12(2)10-17/h4-5,8,12H,6-7,9-10,15H2,1-3H3. The lowest BCUT2D eigenvalue weighted by Crippen LogP contribution is -2.51. The Bertz CT molecular complexity index is 586. The maximum absolute atomic E-state index is 12.7. The van der Waals surface area contributed by atoms with Gasteiger partial charge in [-0.1, -0.05) is 6.07 Å². The van der Waals surface area contributed by atoms with E-state index in [-0.39, 0.29) is 6.04 Å². The molecule has 1 heterocycles. The Hall–Kier alpha value is -0.950. The normalized spacial score (nSPS) is 22.1. The lowest BCUT2D eigenvalue weighted by Gasteiger charge is -2.36. The number of aryl methyl sites for hydroxylation is 1. The number of sulfonamides is 1. The molecule has 0 aromatic heterocycles. The number of likely N-dealkylation sites (N-methyl/N-ethyl adjacent to an activating group) is 1. The SMILES string of the molecule is Cc1ccc(S(=O)(=O)N2CCN(C)C(C)C2)cc1CN. The van der Waals surface area contributed by atoms with Gasteiger partial charge in [0.05, 0.1) is 4.90 Å². The second-order valence-corrected chi connectivity index (χ2v) is 7.42. The van der Waals surface area contributed by atoms with Gasteiger partial charge in [-0.3, -0.25) is 0 Å². The van der Waals surface area contributed by atoms with Gasteiger partial charge in [0.2, 0.25) is 10.0 Å². The van der Waals surface area contributed by atoms with Gasteiger partial charge in [0.1, 0.15) is 0 Å². The molecule has 0 spiro atoms. The van der Waals surface area contributed by atoms with Gasteiger partial charge in [-0.05, 0) is 44.2 Å². The van der Waals surface area contributed by atoms with E-state index in [0.717, 1.165) is 17.7 Å². The van der Waals surface area contributed by atoms with Gasteiger partial charge in [0.15, 0.2) is 0 Å². The van der Waals surface area contributed by atoms with Crippen molar-refractivity contribution in [1.82, 2.24) is 9.21 Å². The minimum Gasteiger partial charge on any atom is -0.326 e. The van der Waals surface area contributed by atoms with Gasteiger partial charge in [0, 0.05) is 32.2 Å². The Balaban J connectivity index is 2.31. The predicted octanol–water partition coefficient (Wildman–Crippen LogP) is 0.778. The summed E-state index contributed by atoms with van der Waals surface area (Å²) in [6, 6.07) is 5.44. The van der Waals surface area contributed by atoms with Crippen molar-refractivity contribution in [3.8, 4) is 0 Å². The van der Waals surface area contributed by atoms with Crippen LogP contribution in [0.25, 0.3) is 0 Å². The Kier molecular flexibility index (Phi) is 4.49. The van der Waals surface area contributed by atoms with Gasteiger partial charge in [0.25, 0.3) is 0 Å². The molecule has 0 amide bonds. The van der Waals surface area contributed by atoms with Crippen LogP contribution < -0.4 is 5.73 Å². The zero-order valence-corrected chi connectivity index (χ0v) is 13.2. The lowest BCUT2D eigenvalue weighted by molar-refractivity contribution is 0.159. The van der Waals surface area contributed by atoms with Crippen LogP contribution in [0.4, 0.5) is 0 Å². The van der Waals surface area contributed by atoms with Crippen LogP contribution in [0.15, 0.2) is 23.1 Å². The number of nitrogens with two attached hydrogens (primary N) is 1. The molecule has 1 aromatic carbocycles. The summed E-state index contributed by atoms with van der Waals surface area (Å²) in [7, 11) is -1.40. The summed E-state index contributed by atoms with van der Waals surface area (Å²) < 4.78 is 26.9. The second-order valence-electron chi connectivity index (χ2n) is 5.49. The lowest BCUT2D eigenvalue weighted by atomic mass is 10.1.